The zero-order valence-corrected chi connectivity index (χ0v) is 14.6. The van der Waals surface area contributed by atoms with E-state index in [-0.39, 0.29) is 10.9 Å². The Morgan fingerprint density at radius 1 is 1.21 bits per heavy atom. The number of nitrogens with zero attached hydrogens (tertiary/aromatic N) is 1. The molecule has 1 aliphatic heterocycles. The van der Waals surface area contributed by atoms with E-state index in [9.17, 15) is 4.79 Å². The fourth-order valence-corrected chi connectivity index (χ4v) is 3.22. The molecule has 5 nitrogen and oxygen atoms in total. The van der Waals surface area contributed by atoms with E-state index in [2.05, 4.69) is 15.5 Å². The molecule has 1 aromatic heterocycles. The largest absolute Gasteiger partial charge is 0.459 e. The summed E-state index contributed by atoms with van der Waals surface area (Å²) in [7, 11) is 0. The third-order valence-corrected chi connectivity index (χ3v) is 4.38. The number of hydrogen-bond donors (Lipinski definition) is 2. The van der Waals surface area contributed by atoms with E-state index < -0.39 is 5.91 Å². The molecule has 1 aliphatic rings. The van der Waals surface area contributed by atoms with Crippen molar-refractivity contribution in [2.45, 2.75) is 19.3 Å². The Kier molecular flexibility index (Phi) is 5.37. The molecule has 3 rings (SSSR count). The molecule has 7 heteroatoms. The Hall–Kier alpha value is -2.05. The van der Waals surface area contributed by atoms with Gasteiger partial charge in [-0.05, 0) is 61.8 Å². The topological polar surface area (TPSA) is 57.5 Å². The van der Waals surface area contributed by atoms with E-state index in [1.165, 1.54) is 25.5 Å². The molecule has 2 heterocycles. The van der Waals surface area contributed by atoms with Crippen LogP contribution in [-0.4, -0.2) is 24.1 Å². The maximum Gasteiger partial charge on any atom is 0.293 e. The highest BCUT2D eigenvalue weighted by Gasteiger charge is 2.15. The second-order valence-electron chi connectivity index (χ2n) is 5.60. The van der Waals surface area contributed by atoms with Gasteiger partial charge in [0.2, 0.25) is 0 Å². The van der Waals surface area contributed by atoms with Gasteiger partial charge in [0.05, 0.1) is 17.0 Å². The summed E-state index contributed by atoms with van der Waals surface area (Å²) >= 11 is 11.6. The SMILES string of the molecule is O=C(NC(=S)Nc1ccc(N2CCCCC2)c(Cl)c1)c1ccco1. The van der Waals surface area contributed by atoms with Crippen molar-refractivity contribution in [3.63, 3.8) is 0 Å². The lowest BCUT2D eigenvalue weighted by Gasteiger charge is -2.29. The number of nitrogens with one attached hydrogen (secondary N) is 2. The molecule has 2 aromatic rings. The number of halogens is 1. The summed E-state index contributed by atoms with van der Waals surface area (Å²) in [4.78, 5) is 14.2. The van der Waals surface area contributed by atoms with E-state index >= 15 is 0 Å². The molecule has 0 bridgehead atoms. The highest BCUT2D eigenvalue weighted by molar-refractivity contribution is 7.80. The van der Waals surface area contributed by atoms with Crippen LogP contribution in [0.4, 0.5) is 11.4 Å². The number of piperidine rings is 1. The lowest BCUT2D eigenvalue weighted by atomic mass is 10.1. The molecule has 0 unspecified atom stereocenters. The number of furan rings is 1. The predicted molar refractivity (Wildman–Crippen MR) is 99.9 cm³/mol. The minimum absolute atomic E-state index is 0.193. The third-order valence-electron chi connectivity index (χ3n) is 3.87. The predicted octanol–water partition coefficient (Wildman–Crippen LogP) is 4.05. The first kappa shape index (κ1) is 16.8. The summed E-state index contributed by atoms with van der Waals surface area (Å²) in [5.74, 6) is -0.189. The summed E-state index contributed by atoms with van der Waals surface area (Å²) in [6.45, 7) is 2.06. The Labute approximate surface area is 151 Å². The maximum atomic E-state index is 11.9. The van der Waals surface area contributed by atoms with Crippen molar-refractivity contribution in [2.75, 3.05) is 23.3 Å². The number of hydrogen-bond acceptors (Lipinski definition) is 4. The molecule has 2 N–H and O–H groups in total. The minimum Gasteiger partial charge on any atom is -0.459 e. The van der Waals surface area contributed by atoms with Gasteiger partial charge >= 0.3 is 0 Å². The smallest absolute Gasteiger partial charge is 0.293 e. The van der Waals surface area contributed by atoms with Crippen molar-refractivity contribution in [3.8, 4) is 0 Å². The van der Waals surface area contributed by atoms with Gasteiger partial charge in [-0.25, -0.2) is 0 Å². The molecule has 0 radical (unpaired) electrons. The molecule has 0 atom stereocenters. The number of thiocarbonyl (C=S) groups is 1. The molecule has 126 valence electrons. The molecule has 24 heavy (non-hydrogen) atoms. The molecule has 0 aliphatic carbocycles. The van der Waals surface area contributed by atoms with Crippen molar-refractivity contribution in [3.05, 3.63) is 47.4 Å². The Morgan fingerprint density at radius 2 is 2.00 bits per heavy atom. The van der Waals surface area contributed by atoms with Crippen LogP contribution in [-0.2, 0) is 0 Å². The number of amides is 1. The van der Waals surface area contributed by atoms with E-state index in [0.717, 1.165) is 24.5 Å². The first-order valence-electron chi connectivity index (χ1n) is 7.84. The Bertz CT molecular complexity index is 727. The van der Waals surface area contributed by atoms with Crippen molar-refractivity contribution < 1.29 is 9.21 Å². The first-order valence-corrected chi connectivity index (χ1v) is 8.62. The normalized spacial score (nSPS) is 14.3. The van der Waals surface area contributed by atoms with Gasteiger partial charge in [-0.1, -0.05) is 11.6 Å². The number of benzene rings is 1. The van der Waals surface area contributed by atoms with Crippen molar-refractivity contribution >= 4 is 46.2 Å². The van der Waals surface area contributed by atoms with E-state index in [1.807, 2.05) is 18.2 Å². The van der Waals surface area contributed by atoms with Gasteiger partial charge < -0.3 is 14.6 Å². The minimum atomic E-state index is -0.395. The molecule has 1 amide bonds. The van der Waals surface area contributed by atoms with Gasteiger partial charge in [0.1, 0.15) is 0 Å². The number of carbonyl (C=O) groups excluding carboxylic acids is 1. The van der Waals surface area contributed by atoms with Crippen LogP contribution in [0.15, 0.2) is 41.0 Å². The second-order valence-corrected chi connectivity index (χ2v) is 6.41. The Balaban J connectivity index is 1.61. The van der Waals surface area contributed by atoms with Gasteiger partial charge in [0, 0.05) is 18.8 Å². The van der Waals surface area contributed by atoms with Gasteiger partial charge in [0.15, 0.2) is 10.9 Å². The van der Waals surface area contributed by atoms with Gasteiger partial charge in [-0.3, -0.25) is 10.1 Å². The molecule has 0 spiro atoms. The fourth-order valence-electron chi connectivity index (χ4n) is 2.71. The molecule has 1 saturated heterocycles. The summed E-state index contributed by atoms with van der Waals surface area (Å²) in [6.07, 6.45) is 5.10. The van der Waals surface area contributed by atoms with Gasteiger partial charge in [0.25, 0.3) is 5.91 Å². The average molecular weight is 364 g/mol. The average Bonchev–Trinajstić information content (AvgIpc) is 3.10. The molecule has 1 aromatic carbocycles. The highest BCUT2D eigenvalue weighted by Crippen LogP contribution is 2.30. The zero-order chi connectivity index (χ0) is 16.9. The summed E-state index contributed by atoms with van der Waals surface area (Å²) in [5, 5.41) is 6.38. The lowest BCUT2D eigenvalue weighted by Crippen LogP contribution is -2.34. The van der Waals surface area contributed by atoms with Gasteiger partial charge in [-0.2, -0.15) is 0 Å². The fraction of sp³-hybridized carbons (Fsp3) is 0.294. The monoisotopic (exact) mass is 363 g/mol. The van der Waals surface area contributed by atoms with Crippen molar-refractivity contribution in [1.29, 1.82) is 0 Å². The quantitative estimate of drug-likeness (QED) is 0.806. The highest BCUT2D eigenvalue weighted by atomic mass is 35.5. The molecule has 1 fully saturated rings. The third kappa shape index (κ3) is 4.07. The van der Waals surface area contributed by atoms with Crippen LogP contribution in [0.5, 0.6) is 0 Å². The van der Waals surface area contributed by atoms with Crippen LogP contribution >= 0.6 is 23.8 Å². The number of rotatable bonds is 3. The van der Waals surface area contributed by atoms with E-state index in [0.29, 0.717) is 5.02 Å². The van der Waals surface area contributed by atoms with Crippen LogP contribution < -0.4 is 15.5 Å². The number of anilines is 2. The van der Waals surface area contributed by atoms with Crippen LogP contribution in [0.3, 0.4) is 0 Å². The molecular formula is C17H18ClN3O2S. The number of carbonyl (C=O) groups is 1. The van der Waals surface area contributed by atoms with Gasteiger partial charge in [-0.15, -0.1) is 0 Å². The maximum absolute atomic E-state index is 11.9. The van der Waals surface area contributed by atoms with E-state index in [1.54, 1.807) is 12.1 Å². The van der Waals surface area contributed by atoms with Crippen molar-refractivity contribution in [2.24, 2.45) is 0 Å². The van der Waals surface area contributed by atoms with Crippen LogP contribution in [0.1, 0.15) is 29.8 Å². The lowest BCUT2D eigenvalue weighted by molar-refractivity contribution is 0.0950. The van der Waals surface area contributed by atoms with Crippen molar-refractivity contribution in [1.82, 2.24) is 5.32 Å². The first-order chi connectivity index (χ1) is 11.6. The van der Waals surface area contributed by atoms with Crippen LogP contribution in [0, 0.1) is 0 Å². The molecular weight excluding hydrogens is 346 g/mol. The summed E-state index contributed by atoms with van der Waals surface area (Å²) in [6, 6.07) is 8.91. The second kappa shape index (κ2) is 7.68. The van der Waals surface area contributed by atoms with Crippen LogP contribution in [0.2, 0.25) is 5.02 Å². The zero-order valence-electron chi connectivity index (χ0n) is 13.0. The summed E-state index contributed by atoms with van der Waals surface area (Å²) in [5.41, 5.74) is 1.76. The molecule has 0 saturated carbocycles. The standard InChI is InChI=1S/C17H18ClN3O2S/c18-13-11-12(6-7-14(13)21-8-2-1-3-9-21)19-17(24)20-16(22)15-5-4-10-23-15/h4-7,10-11H,1-3,8-9H2,(H2,19,20,22,24). The summed E-state index contributed by atoms with van der Waals surface area (Å²) < 4.78 is 5.02. The Morgan fingerprint density at radius 3 is 2.67 bits per heavy atom. The van der Waals surface area contributed by atoms with Crippen LogP contribution in [0.25, 0.3) is 0 Å². The van der Waals surface area contributed by atoms with E-state index in [4.69, 9.17) is 28.2 Å².